The van der Waals surface area contributed by atoms with Crippen LogP contribution in [-0.4, -0.2) is 15.0 Å². The van der Waals surface area contributed by atoms with Gasteiger partial charge < -0.3 is 5.73 Å². The Labute approximate surface area is 138 Å². The first kappa shape index (κ1) is 14.7. The molecule has 0 bridgehead atoms. The minimum absolute atomic E-state index is 0.523. The van der Waals surface area contributed by atoms with E-state index in [-0.39, 0.29) is 0 Å². The van der Waals surface area contributed by atoms with E-state index in [1.165, 1.54) is 25.7 Å². The van der Waals surface area contributed by atoms with Crippen LogP contribution in [0.15, 0.2) is 18.3 Å². The zero-order valence-corrected chi connectivity index (χ0v) is 14.3. The van der Waals surface area contributed by atoms with E-state index in [2.05, 4.69) is 45.5 Å². The summed E-state index contributed by atoms with van der Waals surface area (Å²) >= 11 is 2.28. The summed E-state index contributed by atoms with van der Waals surface area (Å²) in [6.07, 6.45) is 7.68. The molecule has 3 rings (SSSR count). The van der Waals surface area contributed by atoms with Crippen molar-refractivity contribution in [3.8, 4) is 11.5 Å². The molecule has 0 aromatic carbocycles. The maximum Gasteiger partial charge on any atom is 0.180 e. The van der Waals surface area contributed by atoms with Crippen molar-refractivity contribution < 1.29 is 0 Å². The number of hydrogen-bond acceptors (Lipinski definition) is 4. The third-order valence-corrected chi connectivity index (χ3v) is 5.23. The zero-order valence-electron chi connectivity index (χ0n) is 12.1. The Balaban J connectivity index is 2.11. The minimum atomic E-state index is 0.523. The molecule has 0 aliphatic heterocycles. The van der Waals surface area contributed by atoms with Crippen LogP contribution in [0, 0.1) is 3.57 Å². The van der Waals surface area contributed by atoms with E-state index in [9.17, 15) is 0 Å². The fraction of sp³-hybridized carbons (Fsp3) is 0.438. The van der Waals surface area contributed by atoms with Crippen LogP contribution < -0.4 is 5.73 Å². The molecule has 0 saturated heterocycles. The lowest BCUT2D eigenvalue weighted by atomic mass is 10.0. The number of aryl methyl sites for hydroxylation is 1. The number of anilines is 1. The Hall–Kier alpha value is -1.24. The summed E-state index contributed by atoms with van der Waals surface area (Å²) < 4.78 is 1.01. The van der Waals surface area contributed by atoms with E-state index in [0.29, 0.717) is 17.6 Å². The predicted octanol–water partition coefficient (Wildman–Crippen LogP) is 3.95. The number of halogens is 1. The minimum Gasteiger partial charge on any atom is -0.383 e. The largest absolute Gasteiger partial charge is 0.383 e. The monoisotopic (exact) mass is 394 g/mol. The van der Waals surface area contributed by atoms with Gasteiger partial charge >= 0.3 is 0 Å². The molecule has 0 radical (unpaired) electrons. The number of hydrogen-bond donors (Lipinski definition) is 1. The van der Waals surface area contributed by atoms with Gasteiger partial charge in [-0.05, 0) is 53.5 Å². The highest BCUT2D eigenvalue weighted by molar-refractivity contribution is 14.1. The molecular weight excluding hydrogens is 375 g/mol. The van der Waals surface area contributed by atoms with Crippen molar-refractivity contribution in [1.82, 2.24) is 15.0 Å². The number of nitrogen functional groups attached to an aromatic ring is 1. The van der Waals surface area contributed by atoms with Crippen LogP contribution >= 0.6 is 22.6 Å². The first-order valence-corrected chi connectivity index (χ1v) is 8.55. The maximum absolute atomic E-state index is 6.13. The van der Waals surface area contributed by atoms with Gasteiger partial charge in [-0.2, -0.15) is 0 Å². The lowest BCUT2D eigenvalue weighted by molar-refractivity contribution is 0.690. The lowest BCUT2D eigenvalue weighted by Gasteiger charge is -2.14. The van der Waals surface area contributed by atoms with Gasteiger partial charge in [0.05, 0.1) is 9.26 Å². The summed E-state index contributed by atoms with van der Waals surface area (Å²) in [5, 5.41) is 0. The molecule has 2 aromatic heterocycles. The molecule has 2 aromatic rings. The molecule has 1 aliphatic rings. The van der Waals surface area contributed by atoms with Gasteiger partial charge in [-0.25, -0.2) is 9.97 Å². The van der Waals surface area contributed by atoms with Crippen LogP contribution in [0.3, 0.4) is 0 Å². The average molecular weight is 394 g/mol. The van der Waals surface area contributed by atoms with Crippen LogP contribution in [-0.2, 0) is 6.42 Å². The smallest absolute Gasteiger partial charge is 0.180 e. The van der Waals surface area contributed by atoms with Crippen molar-refractivity contribution in [2.24, 2.45) is 0 Å². The van der Waals surface area contributed by atoms with E-state index in [0.717, 1.165) is 26.9 Å². The van der Waals surface area contributed by atoms with E-state index in [4.69, 9.17) is 10.7 Å². The van der Waals surface area contributed by atoms with Crippen molar-refractivity contribution in [1.29, 1.82) is 0 Å². The molecule has 1 saturated carbocycles. The van der Waals surface area contributed by atoms with E-state index >= 15 is 0 Å². The third-order valence-electron chi connectivity index (χ3n) is 4.13. The standard InChI is InChI=1S/C16H19IN4/c1-2-10-8-5-9-19-14(10)16-20-13(11-6-3-4-7-11)12(17)15(18)21-16/h5,8-9,11H,2-4,6-7H2,1H3,(H2,18,20,21). The molecule has 1 fully saturated rings. The molecule has 0 amide bonds. The van der Waals surface area contributed by atoms with Gasteiger partial charge in [0.1, 0.15) is 11.5 Å². The Morgan fingerprint density at radius 3 is 2.76 bits per heavy atom. The molecule has 21 heavy (non-hydrogen) atoms. The quantitative estimate of drug-likeness (QED) is 0.801. The first-order chi connectivity index (χ1) is 10.2. The molecule has 0 atom stereocenters. The molecule has 4 nitrogen and oxygen atoms in total. The molecule has 0 unspecified atom stereocenters. The van der Waals surface area contributed by atoms with Crippen molar-refractivity contribution in [3.05, 3.63) is 33.2 Å². The fourth-order valence-electron chi connectivity index (χ4n) is 2.98. The summed E-state index contributed by atoms with van der Waals surface area (Å²) in [5.41, 5.74) is 9.27. The Bertz CT molecular complexity index is 651. The first-order valence-electron chi connectivity index (χ1n) is 7.48. The molecule has 2 N–H and O–H groups in total. The Morgan fingerprint density at radius 2 is 2.05 bits per heavy atom. The van der Waals surface area contributed by atoms with Crippen molar-refractivity contribution >= 4 is 28.4 Å². The van der Waals surface area contributed by atoms with Gasteiger partial charge in [0.25, 0.3) is 0 Å². The van der Waals surface area contributed by atoms with Gasteiger partial charge in [-0.3, -0.25) is 4.98 Å². The highest BCUT2D eigenvalue weighted by Gasteiger charge is 2.24. The summed E-state index contributed by atoms with van der Waals surface area (Å²) in [6.45, 7) is 2.12. The van der Waals surface area contributed by atoms with Gasteiger partial charge in [0, 0.05) is 12.1 Å². The number of aromatic nitrogens is 3. The highest BCUT2D eigenvalue weighted by atomic mass is 127. The lowest BCUT2D eigenvalue weighted by Crippen LogP contribution is -2.09. The summed E-state index contributed by atoms with van der Waals surface area (Å²) in [5.74, 6) is 1.78. The normalized spacial score (nSPS) is 15.5. The number of rotatable bonds is 3. The second-order valence-corrected chi connectivity index (χ2v) is 6.56. The van der Waals surface area contributed by atoms with Crippen LogP contribution in [0.25, 0.3) is 11.5 Å². The van der Waals surface area contributed by atoms with Crippen molar-refractivity contribution in [3.63, 3.8) is 0 Å². The maximum atomic E-state index is 6.13. The highest BCUT2D eigenvalue weighted by Crippen LogP contribution is 2.37. The predicted molar refractivity (Wildman–Crippen MR) is 93.0 cm³/mol. The zero-order chi connectivity index (χ0) is 14.8. The average Bonchev–Trinajstić information content (AvgIpc) is 3.04. The molecule has 110 valence electrons. The molecule has 5 heteroatoms. The van der Waals surface area contributed by atoms with E-state index < -0.39 is 0 Å². The molecule has 1 aliphatic carbocycles. The van der Waals surface area contributed by atoms with Crippen LogP contribution in [0.5, 0.6) is 0 Å². The van der Waals surface area contributed by atoms with Gasteiger partial charge in [-0.1, -0.05) is 25.8 Å². The fourth-order valence-corrected chi connectivity index (χ4v) is 3.67. The van der Waals surface area contributed by atoms with E-state index in [1.54, 1.807) is 6.20 Å². The summed E-state index contributed by atoms with van der Waals surface area (Å²) in [7, 11) is 0. The SMILES string of the molecule is CCc1cccnc1-c1nc(N)c(I)c(C2CCCC2)n1. The second kappa shape index (κ2) is 6.25. The summed E-state index contributed by atoms with van der Waals surface area (Å²) in [4.78, 5) is 13.8. The molecule has 0 spiro atoms. The third kappa shape index (κ3) is 2.88. The van der Waals surface area contributed by atoms with E-state index in [1.807, 2.05) is 6.07 Å². The van der Waals surface area contributed by atoms with Crippen molar-refractivity contribution in [2.45, 2.75) is 44.9 Å². The topological polar surface area (TPSA) is 64.7 Å². The van der Waals surface area contributed by atoms with Crippen molar-refractivity contribution in [2.75, 3.05) is 5.73 Å². The Morgan fingerprint density at radius 1 is 1.29 bits per heavy atom. The number of nitrogens with zero attached hydrogens (tertiary/aromatic N) is 3. The van der Waals surface area contributed by atoms with Crippen LogP contribution in [0.2, 0.25) is 0 Å². The molecule has 2 heterocycles. The van der Waals surface area contributed by atoms with Crippen LogP contribution in [0.1, 0.15) is 49.8 Å². The van der Waals surface area contributed by atoms with Gasteiger partial charge in [0.2, 0.25) is 0 Å². The molecular formula is C16H19IN4. The van der Waals surface area contributed by atoms with Gasteiger partial charge in [0.15, 0.2) is 5.82 Å². The van der Waals surface area contributed by atoms with Crippen LogP contribution in [0.4, 0.5) is 5.82 Å². The second-order valence-electron chi connectivity index (χ2n) is 5.48. The number of pyridine rings is 1. The number of nitrogens with two attached hydrogens (primary N) is 1. The van der Waals surface area contributed by atoms with Gasteiger partial charge in [-0.15, -0.1) is 0 Å². The Kier molecular flexibility index (Phi) is 4.37. The summed E-state index contributed by atoms with van der Waals surface area (Å²) in [6, 6.07) is 4.03.